The van der Waals surface area contributed by atoms with Crippen molar-refractivity contribution in [1.82, 2.24) is 34.1 Å². The van der Waals surface area contributed by atoms with E-state index in [2.05, 4.69) is 19.9 Å². The zero-order valence-corrected chi connectivity index (χ0v) is 22.9. The molecule has 210 valence electrons. The molecule has 11 nitrogen and oxygen atoms in total. The molecule has 16 heteroatoms. The maximum absolute atomic E-state index is 13.4. The molecule has 0 unspecified atom stereocenters. The largest absolute Gasteiger partial charge is 0.445 e. The molecule has 3 aliphatic rings. The Bertz CT molecular complexity index is 1540. The van der Waals surface area contributed by atoms with Gasteiger partial charge in [-0.1, -0.05) is 11.3 Å². The second-order valence-corrected chi connectivity index (χ2v) is 13.2. The number of pyridine rings is 1. The van der Waals surface area contributed by atoms with Crippen LogP contribution >= 0.6 is 11.3 Å². The third-order valence-corrected chi connectivity index (χ3v) is 10.2. The molecule has 0 spiro atoms. The van der Waals surface area contributed by atoms with Crippen molar-refractivity contribution in [3.63, 3.8) is 0 Å². The maximum Gasteiger partial charge on any atom is 0.445 e. The Morgan fingerprint density at radius 1 is 1.15 bits per heavy atom. The van der Waals surface area contributed by atoms with Crippen LogP contribution in [0.25, 0.3) is 16.3 Å². The molecule has 1 amide bonds. The lowest BCUT2D eigenvalue weighted by Crippen LogP contribution is -2.58. The number of halogens is 3. The number of imidazole rings is 1. The van der Waals surface area contributed by atoms with E-state index >= 15 is 0 Å². The number of aromatic nitrogens is 4. The average Bonchev–Trinajstić information content (AvgIpc) is 3.25. The van der Waals surface area contributed by atoms with Crippen LogP contribution in [0.1, 0.15) is 31.2 Å². The van der Waals surface area contributed by atoms with Gasteiger partial charge in [-0.15, -0.1) is 10.2 Å². The van der Waals surface area contributed by atoms with Crippen molar-refractivity contribution in [3.05, 3.63) is 23.5 Å². The molecule has 5 heterocycles. The third kappa shape index (κ3) is 4.87. The molecule has 3 aromatic rings. The summed E-state index contributed by atoms with van der Waals surface area (Å²) in [5, 5.41) is 5.75. The predicted molar refractivity (Wildman–Crippen MR) is 137 cm³/mol. The summed E-state index contributed by atoms with van der Waals surface area (Å²) in [7, 11) is -2.02. The van der Waals surface area contributed by atoms with Crippen molar-refractivity contribution in [2.45, 2.75) is 48.8 Å². The Morgan fingerprint density at radius 2 is 1.87 bits per heavy atom. The molecule has 1 aliphatic carbocycles. The van der Waals surface area contributed by atoms with Crippen LogP contribution in [0.15, 0.2) is 23.4 Å². The van der Waals surface area contributed by atoms with Crippen molar-refractivity contribution < 1.29 is 26.4 Å². The quantitative estimate of drug-likeness (QED) is 0.468. The van der Waals surface area contributed by atoms with Crippen LogP contribution in [-0.4, -0.2) is 95.1 Å². The van der Waals surface area contributed by atoms with E-state index in [1.807, 2.05) is 28.7 Å². The van der Waals surface area contributed by atoms with Gasteiger partial charge in [0.2, 0.25) is 20.9 Å². The SMILES string of the molecule is CN1CC[C@@H]1C(=O)N1CCN(c2cc(S(=O)(=O)NC3(C)CC3)cn3c(-c4nnc(C(F)(F)F)s4)ncc23)CC1. The first-order valence-electron chi connectivity index (χ1n) is 12.5. The summed E-state index contributed by atoms with van der Waals surface area (Å²) in [5.74, 6) is 0.158. The lowest BCUT2D eigenvalue weighted by Gasteiger charge is -2.43. The van der Waals surface area contributed by atoms with Crippen LogP contribution < -0.4 is 9.62 Å². The van der Waals surface area contributed by atoms with Gasteiger partial charge in [-0.05, 0) is 39.3 Å². The number of amides is 1. The van der Waals surface area contributed by atoms with E-state index in [0.717, 1.165) is 25.8 Å². The van der Waals surface area contributed by atoms with Gasteiger partial charge in [0.15, 0.2) is 10.8 Å². The number of carbonyl (C=O) groups is 1. The van der Waals surface area contributed by atoms with Crippen LogP contribution in [0, 0.1) is 0 Å². The fourth-order valence-electron chi connectivity index (χ4n) is 4.92. The minimum absolute atomic E-state index is 0.0347. The minimum Gasteiger partial charge on any atom is -0.366 e. The van der Waals surface area contributed by atoms with Crippen molar-refractivity contribution in [2.24, 2.45) is 0 Å². The maximum atomic E-state index is 13.4. The van der Waals surface area contributed by atoms with E-state index in [1.165, 1.54) is 16.8 Å². The van der Waals surface area contributed by atoms with E-state index < -0.39 is 26.7 Å². The number of fused-ring (bicyclic) bond motifs is 1. The molecule has 0 aromatic carbocycles. The van der Waals surface area contributed by atoms with Crippen molar-refractivity contribution in [2.75, 3.05) is 44.7 Å². The molecule has 1 saturated carbocycles. The number of carbonyl (C=O) groups excluding carboxylic acids is 1. The number of piperazine rings is 1. The van der Waals surface area contributed by atoms with E-state index in [0.29, 0.717) is 48.7 Å². The Kier molecular flexibility index (Phi) is 6.17. The molecular weight excluding hydrogens is 557 g/mol. The second-order valence-electron chi connectivity index (χ2n) is 10.6. The van der Waals surface area contributed by atoms with Crippen molar-refractivity contribution in [1.29, 1.82) is 0 Å². The van der Waals surface area contributed by atoms with Gasteiger partial charge in [-0.2, -0.15) is 13.2 Å². The van der Waals surface area contributed by atoms with E-state index in [9.17, 15) is 26.4 Å². The number of nitrogens with one attached hydrogen (secondary N) is 1. The lowest BCUT2D eigenvalue weighted by molar-refractivity contribution is -0.141. The Morgan fingerprint density at radius 3 is 2.44 bits per heavy atom. The van der Waals surface area contributed by atoms with Crippen LogP contribution in [-0.2, 0) is 21.0 Å². The van der Waals surface area contributed by atoms with Gasteiger partial charge in [0.05, 0.1) is 23.4 Å². The van der Waals surface area contributed by atoms with Gasteiger partial charge in [0.25, 0.3) is 0 Å². The van der Waals surface area contributed by atoms with Crippen LogP contribution in [0.2, 0.25) is 0 Å². The van der Waals surface area contributed by atoms with Gasteiger partial charge in [0.1, 0.15) is 4.90 Å². The summed E-state index contributed by atoms with van der Waals surface area (Å²) >= 11 is 0.344. The smallest absolute Gasteiger partial charge is 0.366 e. The first-order chi connectivity index (χ1) is 18.3. The van der Waals surface area contributed by atoms with Gasteiger partial charge in [-0.25, -0.2) is 18.1 Å². The number of likely N-dealkylation sites (N-methyl/N-ethyl adjacent to an activating group) is 1. The first-order valence-corrected chi connectivity index (χ1v) is 14.8. The summed E-state index contributed by atoms with van der Waals surface area (Å²) in [4.78, 5) is 23.0. The highest BCUT2D eigenvalue weighted by Gasteiger charge is 2.42. The molecule has 2 saturated heterocycles. The molecule has 3 fully saturated rings. The van der Waals surface area contributed by atoms with Gasteiger partial charge in [0, 0.05) is 44.5 Å². The monoisotopic (exact) mass is 584 g/mol. The highest BCUT2D eigenvalue weighted by Crippen LogP contribution is 2.38. The number of anilines is 1. The van der Waals surface area contributed by atoms with Gasteiger partial charge < -0.3 is 9.80 Å². The number of hydrogen-bond donors (Lipinski definition) is 1. The summed E-state index contributed by atoms with van der Waals surface area (Å²) in [5.41, 5.74) is 0.558. The van der Waals surface area contributed by atoms with Gasteiger partial charge >= 0.3 is 6.18 Å². The molecule has 0 bridgehead atoms. The molecule has 3 aromatic heterocycles. The Labute approximate surface area is 226 Å². The molecule has 1 N–H and O–H groups in total. The summed E-state index contributed by atoms with van der Waals surface area (Å²) in [6.07, 6.45) is 0.464. The van der Waals surface area contributed by atoms with Crippen molar-refractivity contribution >= 4 is 38.5 Å². The summed E-state index contributed by atoms with van der Waals surface area (Å²) < 4.78 is 70.5. The van der Waals surface area contributed by atoms with Crippen LogP contribution in [0.5, 0.6) is 0 Å². The summed E-state index contributed by atoms with van der Waals surface area (Å²) in [6.45, 7) is 4.58. The number of rotatable bonds is 6. The molecule has 2 aliphatic heterocycles. The molecule has 6 rings (SSSR count). The van der Waals surface area contributed by atoms with Crippen molar-refractivity contribution in [3.8, 4) is 10.8 Å². The zero-order valence-electron chi connectivity index (χ0n) is 21.3. The molecule has 0 radical (unpaired) electrons. The van der Waals surface area contributed by atoms with Gasteiger partial charge in [-0.3, -0.25) is 14.1 Å². The van der Waals surface area contributed by atoms with E-state index in [-0.39, 0.29) is 27.7 Å². The number of likely N-dealkylation sites (tertiary alicyclic amines) is 1. The average molecular weight is 585 g/mol. The fourth-order valence-corrected chi connectivity index (χ4v) is 7.11. The number of hydrogen-bond acceptors (Lipinski definition) is 9. The fraction of sp³-hybridized carbons (Fsp3) is 0.565. The second kappa shape index (κ2) is 9.11. The number of nitrogens with zero attached hydrogens (tertiary/aromatic N) is 7. The van der Waals surface area contributed by atoms with E-state index in [1.54, 1.807) is 6.07 Å². The Hall–Kier alpha value is -2.82. The predicted octanol–water partition coefficient (Wildman–Crippen LogP) is 2.06. The number of alkyl halides is 3. The Balaban J connectivity index is 1.37. The van der Waals surface area contributed by atoms with E-state index in [4.69, 9.17) is 0 Å². The molecule has 1 atom stereocenters. The topological polar surface area (TPSA) is 116 Å². The minimum atomic E-state index is -4.66. The third-order valence-electron chi connectivity index (χ3n) is 7.65. The first kappa shape index (κ1) is 26.4. The van der Waals surface area contributed by atoms with Crippen LogP contribution in [0.3, 0.4) is 0 Å². The standard InChI is InChI=1S/C23H27F3N8O3S2/c1-22(4-5-22)30-39(36,37)14-11-16(32-7-9-33(10-8-32)20(35)15-3-6-31(15)2)17-12-27-18(34(17)13-14)19-28-29-21(38-19)23(24,25)26/h11-13,15,30H,3-10H2,1-2H3/t15-/m1/s1. The number of sulfonamides is 1. The van der Waals surface area contributed by atoms with Crippen LogP contribution in [0.4, 0.5) is 18.9 Å². The molecule has 39 heavy (non-hydrogen) atoms. The summed E-state index contributed by atoms with van der Waals surface area (Å²) in [6, 6.07) is 1.46. The normalized spacial score (nSPS) is 21.8. The highest BCUT2D eigenvalue weighted by atomic mass is 32.2. The zero-order chi connectivity index (χ0) is 27.7. The lowest BCUT2D eigenvalue weighted by atomic mass is 10.0. The highest BCUT2D eigenvalue weighted by molar-refractivity contribution is 7.89. The molecular formula is C23H27F3N8O3S2.